The van der Waals surface area contributed by atoms with Crippen molar-refractivity contribution in [3.63, 3.8) is 0 Å². The lowest BCUT2D eigenvalue weighted by atomic mass is 10.3. The summed E-state index contributed by atoms with van der Waals surface area (Å²) in [6, 6.07) is 0. The second-order valence-electron chi connectivity index (χ2n) is 3.85. The number of thioether (sulfide) groups is 1. The van der Waals surface area contributed by atoms with Crippen LogP contribution in [0.4, 0.5) is 0 Å². The van der Waals surface area contributed by atoms with E-state index in [0.29, 0.717) is 23.8 Å². The van der Waals surface area contributed by atoms with E-state index in [0.717, 1.165) is 5.75 Å². The Hall–Kier alpha value is -1.43. The van der Waals surface area contributed by atoms with Crippen LogP contribution in [0, 0.1) is 0 Å². The normalized spacial score (nSPS) is 12.1. The van der Waals surface area contributed by atoms with Crippen molar-refractivity contribution in [1.29, 1.82) is 0 Å². The molecule has 0 heterocycles. The molecule has 0 saturated heterocycles. The third-order valence-electron chi connectivity index (χ3n) is 2.14. The van der Waals surface area contributed by atoms with E-state index in [1.165, 1.54) is 11.8 Å². The number of nitrogens with zero attached hydrogens (tertiary/aromatic N) is 1. The third-order valence-corrected chi connectivity index (χ3v) is 3.04. The first-order chi connectivity index (χ1) is 9.47. The molecule has 0 aromatic heterocycles. The van der Waals surface area contributed by atoms with Crippen molar-refractivity contribution in [3.05, 3.63) is 22.8 Å². The number of likely N-dealkylation sites (N-methyl/N-ethyl adjacent to an activating group) is 1. The van der Waals surface area contributed by atoms with Gasteiger partial charge in [0.05, 0.1) is 18.1 Å². The summed E-state index contributed by atoms with van der Waals surface area (Å²) in [7, 11) is 3.49. The van der Waals surface area contributed by atoms with Crippen molar-refractivity contribution < 1.29 is 19.1 Å². The van der Waals surface area contributed by atoms with E-state index >= 15 is 0 Å². The van der Waals surface area contributed by atoms with Crippen molar-refractivity contribution in [2.75, 3.05) is 33.1 Å². The van der Waals surface area contributed by atoms with E-state index in [1.807, 2.05) is 6.92 Å². The number of carbonyl (C=O) groups excluding carboxylic acids is 2. The molecule has 0 rings (SSSR count). The fraction of sp³-hybridized carbons (Fsp3) is 0.571. The fourth-order valence-corrected chi connectivity index (χ4v) is 1.94. The molecule has 0 aromatic rings. The first-order valence-corrected chi connectivity index (χ1v) is 7.52. The van der Waals surface area contributed by atoms with Crippen molar-refractivity contribution in [1.82, 2.24) is 4.90 Å². The lowest BCUT2D eigenvalue weighted by Gasteiger charge is -2.15. The molecule has 114 valence electrons. The number of hydrogen-bond donors (Lipinski definition) is 0. The number of carbonyl (C=O) groups is 2. The van der Waals surface area contributed by atoms with Crippen molar-refractivity contribution in [2.24, 2.45) is 0 Å². The highest BCUT2D eigenvalue weighted by atomic mass is 32.2. The summed E-state index contributed by atoms with van der Waals surface area (Å²) in [5.74, 6) is -0.0501. The van der Waals surface area contributed by atoms with Crippen LogP contribution in [0.25, 0.3) is 0 Å². The predicted molar refractivity (Wildman–Crippen MR) is 81.3 cm³/mol. The maximum Gasteiger partial charge on any atom is 0.354 e. The van der Waals surface area contributed by atoms with Gasteiger partial charge in [-0.1, -0.05) is 6.92 Å². The molecule has 0 aliphatic heterocycles. The Morgan fingerprint density at radius 1 is 1.00 bits per heavy atom. The molecule has 5 nitrogen and oxygen atoms in total. The Bertz CT molecular complexity index is 389. The van der Waals surface area contributed by atoms with Crippen LogP contribution in [0.15, 0.2) is 22.8 Å². The molecular weight excluding hydrogens is 278 g/mol. The molecule has 0 aromatic carbocycles. The number of allylic oxidation sites excluding steroid dienone is 2. The van der Waals surface area contributed by atoms with Gasteiger partial charge in [0.25, 0.3) is 0 Å². The molecule has 0 radical (unpaired) electrons. The summed E-state index contributed by atoms with van der Waals surface area (Å²) in [4.78, 5) is 25.6. The van der Waals surface area contributed by atoms with Gasteiger partial charge in [-0.3, -0.25) is 0 Å². The summed E-state index contributed by atoms with van der Waals surface area (Å²) >= 11 is 1.37. The van der Waals surface area contributed by atoms with Gasteiger partial charge in [0.2, 0.25) is 0 Å². The second-order valence-corrected chi connectivity index (χ2v) is 5.16. The zero-order valence-electron chi connectivity index (χ0n) is 12.8. The molecule has 0 N–H and O–H groups in total. The van der Waals surface area contributed by atoms with Crippen molar-refractivity contribution in [2.45, 2.75) is 20.8 Å². The van der Waals surface area contributed by atoms with Gasteiger partial charge in [-0.05, 0) is 31.8 Å². The van der Waals surface area contributed by atoms with Gasteiger partial charge in [-0.15, -0.1) is 11.8 Å². The van der Waals surface area contributed by atoms with Crippen LogP contribution in [0.5, 0.6) is 0 Å². The van der Waals surface area contributed by atoms with Crippen LogP contribution in [-0.4, -0.2) is 49.9 Å². The van der Waals surface area contributed by atoms with Gasteiger partial charge in [-0.2, -0.15) is 0 Å². The van der Waals surface area contributed by atoms with Crippen LogP contribution in [0.3, 0.4) is 0 Å². The lowest BCUT2D eigenvalue weighted by Crippen LogP contribution is -2.21. The number of hydrogen-bond acceptors (Lipinski definition) is 6. The molecular formula is C14H23NO4S. The maximum absolute atomic E-state index is 11.8. The summed E-state index contributed by atoms with van der Waals surface area (Å²) in [5.41, 5.74) is 0.380. The molecule has 0 amide bonds. The average Bonchev–Trinajstić information content (AvgIpc) is 2.37. The lowest BCUT2D eigenvalue weighted by molar-refractivity contribution is -0.140. The summed E-state index contributed by atoms with van der Waals surface area (Å²) in [5, 5.41) is 0. The minimum atomic E-state index is -0.418. The molecule has 0 spiro atoms. The Morgan fingerprint density at radius 2 is 1.55 bits per heavy atom. The van der Waals surface area contributed by atoms with Crippen molar-refractivity contribution in [3.8, 4) is 0 Å². The molecule has 0 unspecified atom stereocenters. The standard InChI is InChI=1S/C14H23NO4S/c1-6-18-13(16)11(15(4)5)9-10-12(20-8-3)14(17)19-7-2/h9-10H,6-8H2,1-5H3. The Morgan fingerprint density at radius 3 is 2.00 bits per heavy atom. The highest BCUT2D eigenvalue weighted by Crippen LogP contribution is 2.18. The molecule has 0 bridgehead atoms. The third kappa shape index (κ3) is 6.65. The van der Waals surface area contributed by atoms with Gasteiger partial charge in [0.15, 0.2) is 0 Å². The van der Waals surface area contributed by atoms with E-state index in [-0.39, 0.29) is 5.97 Å². The molecule has 20 heavy (non-hydrogen) atoms. The molecule has 0 atom stereocenters. The number of esters is 2. The minimum absolute atomic E-state index is 0.308. The van der Waals surface area contributed by atoms with Gasteiger partial charge >= 0.3 is 11.9 Å². The SMILES string of the molecule is CCOC(=O)C(=CC=C(C(=O)OCC)N(C)C)SCC. The highest BCUT2D eigenvalue weighted by molar-refractivity contribution is 8.03. The summed E-state index contributed by atoms with van der Waals surface area (Å²) in [6.45, 7) is 6.08. The maximum atomic E-state index is 11.8. The monoisotopic (exact) mass is 301 g/mol. The molecule has 6 heteroatoms. The number of ether oxygens (including phenoxy) is 2. The number of rotatable bonds is 8. The van der Waals surface area contributed by atoms with E-state index in [2.05, 4.69) is 0 Å². The zero-order valence-corrected chi connectivity index (χ0v) is 13.6. The van der Waals surface area contributed by atoms with Gasteiger partial charge in [0.1, 0.15) is 5.70 Å². The fourth-order valence-electron chi connectivity index (χ4n) is 1.29. The largest absolute Gasteiger partial charge is 0.462 e. The van der Waals surface area contributed by atoms with Crippen molar-refractivity contribution >= 4 is 23.7 Å². The van der Waals surface area contributed by atoms with Gasteiger partial charge < -0.3 is 14.4 Å². The van der Waals surface area contributed by atoms with Gasteiger partial charge in [-0.25, -0.2) is 9.59 Å². The quantitative estimate of drug-likeness (QED) is 0.389. The van der Waals surface area contributed by atoms with Crippen LogP contribution in [0.2, 0.25) is 0 Å². The first-order valence-electron chi connectivity index (χ1n) is 6.54. The topological polar surface area (TPSA) is 55.8 Å². The molecule has 0 aliphatic rings. The van der Waals surface area contributed by atoms with E-state index in [4.69, 9.17) is 9.47 Å². The molecule has 0 fully saturated rings. The van der Waals surface area contributed by atoms with E-state index in [1.54, 1.807) is 45.0 Å². The minimum Gasteiger partial charge on any atom is -0.462 e. The molecule has 0 saturated carbocycles. The highest BCUT2D eigenvalue weighted by Gasteiger charge is 2.14. The smallest absolute Gasteiger partial charge is 0.354 e. The zero-order chi connectivity index (χ0) is 15.5. The first kappa shape index (κ1) is 18.6. The molecule has 0 aliphatic carbocycles. The Balaban J connectivity index is 5.20. The van der Waals surface area contributed by atoms with Crippen LogP contribution in [0.1, 0.15) is 20.8 Å². The Labute approximate surface area is 125 Å². The van der Waals surface area contributed by atoms with Crippen LogP contribution in [-0.2, 0) is 19.1 Å². The predicted octanol–water partition coefficient (Wildman–Crippen LogP) is 2.20. The van der Waals surface area contributed by atoms with E-state index < -0.39 is 5.97 Å². The Kier molecular flexibility index (Phi) is 9.63. The van der Waals surface area contributed by atoms with Gasteiger partial charge in [0, 0.05) is 14.1 Å². The summed E-state index contributed by atoms with van der Waals surface area (Å²) in [6.07, 6.45) is 3.17. The average molecular weight is 301 g/mol. The summed E-state index contributed by atoms with van der Waals surface area (Å²) < 4.78 is 9.93. The van der Waals surface area contributed by atoms with Crippen LogP contribution < -0.4 is 0 Å². The van der Waals surface area contributed by atoms with E-state index in [9.17, 15) is 9.59 Å². The van der Waals surface area contributed by atoms with Crippen LogP contribution >= 0.6 is 11.8 Å². The second kappa shape index (κ2) is 10.4.